The van der Waals surface area contributed by atoms with Crippen LogP contribution in [0.5, 0.6) is 0 Å². The van der Waals surface area contributed by atoms with E-state index in [-0.39, 0.29) is 18.0 Å². The van der Waals surface area contributed by atoms with Crippen molar-refractivity contribution in [3.63, 3.8) is 0 Å². The fourth-order valence-electron chi connectivity index (χ4n) is 0.825. The first-order chi connectivity index (χ1) is 4.90. The van der Waals surface area contributed by atoms with Crippen molar-refractivity contribution in [3.05, 3.63) is 0 Å². The zero-order valence-corrected chi connectivity index (χ0v) is 8.20. The molecule has 0 radical (unpaired) electrons. The summed E-state index contributed by atoms with van der Waals surface area (Å²) < 4.78 is 10.7. The van der Waals surface area contributed by atoms with E-state index in [1.54, 1.807) is 0 Å². The summed E-state index contributed by atoms with van der Waals surface area (Å²) in [5.74, 6) is 0. The Bertz CT molecular complexity index is 171. The smallest absolute Gasteiger partial charge is 0.190 e. The van der Waals surface area contributed by atoms with Crippen LogP contribution in [0.3, 0.4) is 0 Å². The van der Waals surface area contributed by atoms with Crippen LogP contribution in [-0.2, 0) is 9.47 Å². The molecular weight excluding hydrogens is 160 g/mol. The van der Waals surface area contributed by atoms with Gasteiger partial charge < -0.3 is 9.47 Å². The van der Waals surface area contributed by atoms with Gasteiger partial charge in [0.1, 0.15) is 6.10 Å². The van der Waals surface area contributed by atoms with Crippen molar-refractivity contribution in [2.75, 3.05) is 0 Å². The van der Waals surface area contributed by atoms with Crippen molar-refractivity contribution in [3.8, 4) is 0 Å². The van der Waals surface area contributed by atoms with Crippen molar-refractivity contribution < 1.29 is 9.47 Å². The van der Waals surface area contributed by atoms with Gasteiger partial charge in [0.2, 0.25) is 0 Å². The molecule has 3 heteroatoms. The Labute approximate surface area is 72.9 Å². The molecule has 0 spiro atoms. The molecule has 0 amide bonds. The maximum absolute atomic E-state index is 5.51. The predicted octanol–water partition coefficient (Wildman–Crippen LogP) is 1.92. The maximum Gasteiger partial charge on any atom is 0.190 e. The molecule has 2 nitrogen and oxygen atoms in total. The van der Waals surface area contributed by atoms with E-state index < -0.39 is 0 Å². The fraction of sp³-hybridized carbons (Fsp3) is 0.875. The molecule has 0 aromatic heterocycles. The summed E-state index contributed by atoms with van der Waals surface area (Å²) >= 11 is 4.94. The number of ether oxygens (including phenoxy) is 2. The van der Waals surface area contributed by atoms with Crippen LogP contribution < -0.4 is 0 Å². The third-order valence-corrected chi connectivity index (χ3v) is 1.55. The molecule has 0 aliphatic carbocycles. The van der Waals surface area contributed by atoms with Gasteiger partial charge in [0.15, 0.2) is 6.29 Å². The molecule has 1 aliphatic heterocycles. The molecular formula is C8H14O2S. The predicted molar refractivity (Wildman–Crippen MR) is 47.8 cm³/mol. The monoisotopic (exact) mass is 174 g/mol. The quantitative estimate of drug-likeness (QED) is 0.471. The lowest BCUT2D eigenvalue weighted by Crippen LogP contribution is -2.22. The van der Waals surface area contributed by atoms with Gasteiger partial charge in [-0.25, -0.2) is 0 Å². The highest BCUT2D eigenvalue weighted by Crippen LogP contribution is 2.29. The Balaban J connectivity index is 2.29. The van der Waals surface area contributed by atoms with Gasteiger partial charge in [-0.05, 0) is 27.7 Å². The molecule has 64 valence electrons. The van der Waals surface area contributed by atoms with Crippen LogP contribution in [0, 0.1) is 0 Å². The molecule has 0 N–H and O–H groups in total. The van der Waals surface area contributed by atoms with Crippen molar-refractivity contribution in [1.82, 2.24) is 0 Å². The highest BCUT2D eigenvalue weighted by molar-refractivity contribution is 7.80. The van der Waals surface area contributed by atoms with Crippen LogP contribution in [0.2, 0.25) is 0 Å². The summed E-state index contributed by atoms with van der Waals surface area (Å²) in [6.07, 6.45) is -0.0308. The average molecular weight is 174 g/mol. The van der Waals surface area contributed by atoms with E-state index in [2.05, 4.69) is 0 Å². The van der Waals surface area contributed by atoms with E-state index in [0.717, 1.165) is 4.86 Å². The summed E-state index contributed by atoms with van der Waals surface area (Å²) in [4.78, 5) is 0.874. The van der Waals surface area contributed by atoms with Gasteiger partial charge >= 0.3 is 0 Å². The second-order valence-corrected chi connectivity index (χ2v) is 4.41. The molecule has 11 heavy (non-hydrogen) atoms. The minimum Gasteiger partial charge on any atom is -0.344 e. The first kappa shape index (κ1) is 9.10. The van der Waals surface area contributed by atoms with E-state index in [4.69, 9.17) is 21.7 Å². The average Bonchev–Trinajstić information content (AvgIpc) is 2.40. The highest BCUT2D eigenvalue weighted by atomic mass is 32.1. The Kier molecular flexibility index (Phi) is 2.32. The molecule has 2 atom stereocenters. The van der Waals surface area contributed by atoms with Gasteiger partial charge in [0.25, 0.3) is 0 Å². The third-order valence-electron chi connectivity index (χ3n) is 1.32. The van der Waals surface area contributed by atoms with E-state index in [9.17, 15) is 0 Å². The van der Waals surface area contributed by atoms with Crippen LogP contribution in [0.1, 0.15) is 27.7 Å². The van der Waals surface area contributed by atoms with Gasteiger partial charge in [0, 0.05) is 4.86 Å². The van der Waals surface area contributed by atoms with Gasteiger partial charge in [-0.15, -0.1) is 0 Å². The molecule has 1 saturated heterocycles. The summed E-state index contributed by atoms with van der Waals surface area (Å²) in [5.41, 5.74) is -0.135. The minimum atomic E-state index is -0.135. The van der Waals surface area contributed by atoms with Crippen LogP contribution in [0.4, 0.5) is 0 Å². The number of hydrogen-bond donors (Lipinski definition) is 0. The molecule has 1 heterocycles. The highest BCUT2D eigenvalue weighted by Gasteiger charge is 2.43. The van der Waals surface area contributed by atoms with Crippen molar-refractivity contribution in [1.29, 1.82) is 0 Å². The first-order valence-electron chi connectivity index (χ1n) is 3.74. The number of thiocarbonyl (C=S) groups is 1. The van der Waals surface area contributed by atoms with E-state index in [1.807, 2.05) is 27.7 Å². The summed E-state index contributed by atoms with van der Waals surface area (Å²) in [6, 6.07) is 0. The molecule has 1 aliphatic rings. The summed E-state index contributed by atoms with van der Waals surface area (Å²) in [5, 5.41) is 0. The standard InChI is InChI=1S/C8H14O2S/c1-5(11)6-7(9-6)10-8(2,3)4/h6-7H,1-4H3. The Hall–Kier alpha value is 0.0100. The molecule has 2 unspecified atom stereocenters. The van der Waals surface area contributed by atoms with E-state index in [0.29, 0.717) is 0 Å². The van der Waals surface area contributed by atoms with E-state index >= 15 is 0 Å². The summed E-state index contributed by atoms with van der Waals surface area (Å²) in [7, 11) is 0. The molecule has 0 saturated carbocycles. The molecule has 0 aromatic rings. The number of hydrogen-bond acceptors (Lipinski definition) is 3. The Morgan fingerprint density at radius 2 is 2.00 bits per heavy atom. The largest absolute Gasteiger partial charge is 0.344 e. The Morgan fingerprint density at radius 1 is 1.45 bits per heavy atom. The van der Waals surface area contributed by atoms with Gasteiger partial charge in [-0.2, -0.15) is 0 Å². The maximum atomic E-state index is 5.51. The zero-order chi connectivity index (χ0) is 8.65. The zero-order valence-electron chi connectivity index (χ0n) is 7.38. The molecule has 1 fully saturated rings. The van der Waals surface area contributed by atoms with Crippen molar-refractivity contribution in [2.24, 2.45) is 0 Å². The SMILES string of the molecule is CC(=S)C1OC1OC(C)(C)C. The Morgan fingerprint density at radius 3 is 2.27 bits per heavy atom. The lowest BCUT2D eigenvalue weighted by atomic mass is 10.2. The lowest BCUT2D eigenvalue weighted by Gasteiger charge is -2.17. The number of epoxide rings is 1. The van der Waals surface area contributed by atoms with Gasteiger partial charge in [0.05, 0.1) is 5.60 Å². The first-order valence-corrected chi connectivity index (χ1v) is 4.15. The lowest BCUT2D eigenvalue weighted by molar-refractivity contribution is -0.0567. The third kappa shape index (κ3) is 2.85. The van der Waals surface area contributed by atoms with Crippen LogP contribution in [-0.4, -0.2) is 22.9 Å². The van der Waals surface area contributed by atoms with Crippen LogP contribution in [0.15, 0.2) is 0 Å². The second-order valence-electron chi connectivity index (χ2n) is 3.77. The topological polar surface area (TPSA) is 21.8 Å². The molecule has 1 rings (SSSR count). The normalized spacial score (nSPS) is 30.2. The number of rotatable bonds is 2. The van der Waals surface area contributed by atoms with Crippen LogP contribution in [0.25, 0.3) is 0 Å². The molecule has 0 aromatic carbocycles. The van der Waals surface area contributed by atoms with Crippen molar-refractivity contribution in [2.45, 2.75) is 45.7 Å². The molecule has 0 bridgehead atoms. The van der Waals surface area contributed by atoms with Gasteiger partial charge in [-0.3, -0.25) is 0 Å². The van der Waals surface area contributed by atoms with Crippen LogP contribution >= 0.6 is 12.2 Å². The fourth-order valence-corrected chi connectivity index (χ4v) is 0.991. The van der Waals surface area contributed by atoms with Gasteiger partial charge in [-0.1, -0.05) is 12.2 Å². The van der Waals surface area contributed by atoms with E-state index in [1.165, 1.54) is 0 Å². The minimum absolute atomic E-state index is 0.0595. The van der Waals surface area contributed by atoms with Crippen molar-refractivity contribution >= 4 is 17.1 Å². The summed E-state index contributed by atoms with van der Waals surface area (Å²) in [6.45, 7) is 7.89. The second kappa shape index (κ2) is 2.81.